The summed E-state index contributed by atoms with van der Waals surface area (Å²) in [5, 5.41) is 0. The number of benzene rings is 1. The molecule has 0 saturated heterocycles. The van der Waals surface area contributed by atoms with E-state index in [4.69, 9.17) is 10.5 Å². The average molecular weight is 236 g/mol. The number of ether oxygens (including phenoxy) is 1. The number of aryl methyl sites for hydroxylation is 2. The van der Waals surface area contributed by atoms with Gasteiger partial charge in [0.15, 0.2) is 0 Å². The largest absolute Gasteiger partial charge is 0.375 e. The van der Waals surface area contributed by atoms with Crippen molar-refractivity contribution < 1.29 is 4.74 Å². The fraction of sp³-hybridized carbons (Fsp3) is 0.571. The van der Waals surface area contributed by atoms with Crippen LogP contribution in [0.15, 0.2) is 18.2 Å². The van der Waals surface area contributed by atoms with Gasteiger partial charge in [-0.25, -0.2) is 0 Å². The van der Waals surface area contributed by atoms with Crippen molar-refractivity contribution in [1.29, 1.82) is 0 Å². The Balaban J connectivity index is 2.71. The minimum Gasteiger partial charge on any atom is -0.375 e. The maximum absolute atomic E-state index is 5.70. The van der Waals surface area contributed by atoms with E-state index in [-0.39, 0.29) is 6.10 Å². The van der Waals surface area contributed by atoms with Crippen molar-refractivity contribution in [3.8, 4) is 0 Å². The zero-order valence-electron chi connectivity index (χ0n) is 11.4. The van der Waals surface area contributed by atoms with Crippen LogP contribution >= 0.6 is 0 Å². The van der Waals surface area contributed by atoms with Crippen molar-refractivity contribution in [2.45, 2.75) is 26.9 Å². The molecule has 0 radical (unpaired) electrons. The smallest absolute Gasteiger partial charge is 0.0871 e. The van der Waals surface area contributed by atoms with E-state index >= 15 is 0 Å². The molecule has 0 amide bonds. The van der Waals surface area contributed by atoms with Crippen molar-refractivity contribution in [2.75, 3.05) is 31.6 Å². The predicted molar refractivity (Wildman–Crippen MR) is 73.7 cm³/mol. The first-order valence-corrected chi connectivity index (χ1v) is 6.18. The van der Waals surface area contributed by atoms with Gasteiger partial charge in [0.05, 0.1) is 6.10 Å². The molecule has 0 bridgehead atoms. The van der Waals surface area contributed by atoms with E-state index in [1.807, 2.05) is 6.92 Å². The molecule has 1 unspecified atom stereocenters. The molecule has 0 aliphatic carbocycles. The van der Waals surface area contributed by atoms with E-state index < -0.39 is 0 Å². The molecule has 1 rings (SSSR count). The van der Waals surface area contributed by atoms with Crippen molar-refractivity contribution in [3.05, 3.63) is 29.3 Å². The summed E-state index contributed by atoms with van der Waals surface area (Å²) >= 11 is 0. The zero-order valence-corrected chi connectivity index (χ0v) is 11.4. The molecule has 2 N–H and O–H groups in total. The standard InChI is InChI=1S/C14H24N2O/c1-5-17-13(9-15)10-16(4)14-7-6-11(2)8-12(14)3/h6-8,13H,5,9-10,15H2,1-4H3. The summed E-state index contributed by atoms with van der Waals surface area (Å²) in [6.07, 6.45) is 0.103. The maximum atomic E-state index is 5.70. The summed E-state index contributed by atoms with van der Waals surface area (Å²) in [6, 6.07) is 6.49. The fourth-order valence-corrected chi connectivity index (χ4v) is 2.07. The second-order valence-electron chi connectivity index (χ2n) is 4.48. The van der Waals surface area contributed by atoms with Crippen LogP contribution in [0.4, 0.5) is 5.69 Å². The normalized spacial score (nSPS) is 12.5. The lowest BCUT2D eigenvalue weighted by Crippen LogP contribution is -2.36. The van der Waals surface area contributed by atoms with Gasteiger partial charge < -0.3 is 15.4 Å². The number of rotatable bonds is 6. The molecule has 0 heterocycles. The van der Waals surface area contributed by atoms with E-state index in [0.29, 0.717) is 13.2 Å². The molecular formula is C14H24N2O. The van der Waals surface area contributed by atoms with E-state index in [1.165, 1.54) is 16.8 Å². The van der Waals surface area contributed by atoms with Gasteiger partial charge in [0.1, 0.15) is 0 Å². The maximum Gasteiger partial charge on any atom is 0.0871 e. The number of anilines is 1. The molecular weight excluding hydrogens is 212 g/mol. The van der Waals surface area contributed by atoms with E-state index in [9.17, 15) is 0 Å². The summed E-state index contributed by atoms with van der Waals surface area (Å²) in [5.74, 6) is 0. The van der Waals surface area contributed by atoms with Crippen LogP contribution in [0.3, 0.4) is 0 Å². The molecule has 0 spiro atoms. The van der Waals surface area contributed by atoms with Gasteiger partial charge in [-0.05, 0) is 32.4 Å². The highest BCUT2D eigenvalue weighted by atomic mass is 16.5. The Morgan fingerprint density at radius 1 is 1.35 bits per heavy atom. The first kappa shape index (κ1) is 14.0. The van der Waals surface area contributed by atoms with Crippen LogP contribution in [0, 0.1) is 13.8 Å². The lowest BCUT2D eigenvalue weighted by molar-refractivity contribution is 0.0745. The Morgan fingerprint density at radius 3 is 2.59 bits per heavy atom. The number of likely N-dealkylation sites (N-methyl/N-ethyl adjacent to an activating group) is 1. The van der Waals surface area contributed by atoms with Crippen LogP contribution in [0.5, 0.6) is 0 Å². The molecule has 1 atom stereocenters. The van der Waals surface area contributed by atoms with Gasteiger partial charge in [-0.15, -0.1) is 0 Å². The average Bonchev–Trinajstić information content (AvgIpc) is 2.28. The SMILES string of the molecule is CCOC(CN)CN(C)c1ccc(C)cc1C. The monoisotopic (exact) mass is 236 g/mol. The molecule has 17 heavy (non-hydrogen) atoms. The molecule has 0 saturated carbocycles. The summed E-state index contributed by atoms with van der Waals surface area (Å²) in [5.41, 5.74) is 9.52. The van der Waals surface area contributed by atoms with Gasteiger partial charge >= 0.3 is 0 Å². The third kappa shape index (κ3) is 4.02. The highest BCUT2D eigenvalue weighted by molar-refractivity contribution is 5.53. The Kier molecular flexibility index (Phi) is 5.45. The number of hydrogen-bond acceptors (Lipinski definition) is 3. The summed E-state index contributed by atoms with van der Waals surface area (Å²) in [7, 11) is 2.08. The third-order valence-corrected chi connectivity index (χ3v) is 2.91. The molecule has 0 aliphatic rings. The van der Waals surface area contributed by atoms with Crippen LogP contribution in [-0.2, 0) is 4.74 Å². The van der Waals surface area contributed by atoms with Gasteiger partial charge in [0.2, 0.25) is 0 Å². The Labute approximate surface area is 105 Å². The zero-order chi connectivity index (χ0) is 12.8. The molecule has 96 valence electrons. The fourth-order valence-electron chi connectivity index (χ4n) is 2.07. The molecule has 0 aromatic heterocycles. The van der Waals surface area contributed by atoms with E-state index in [0.717, 1.165) is 6.54 Å². The highest BCUT2D eigenvalue weighted by Crippen LogP contribution is 2.20. The molecule has 3 nitrogen and oxygen atoms in total. The first-order chi connectivity index (χ1) is 8.08. The van der Waals surface area contributed by atoms with Gasteiger partial charge in [-0.2, -0.15) is 0 Å². The van der Waals surface area contributed by atoms with Gasteiger partial charge in [0.25, 0.3) is 0 Å². The molecule has 1 aromatic carbocycles. The first-order valence-electron chi connectivity index (χ1n) is 6.18. The summed E-state index contributed by atoms with van der Waals surface area (Å²) < 4.78 is 5.58. The van der Waals surface area contributed by atoms with E-state index in [2.05, 4.69) is 44.0 Å². The number of nitrogens with two attached hydrogens (primary N) is 1. The van der Waals surface area contributed by atoms with Crippen LogP contribution < -0.4 is 10.6 Å². The van der Waals surface area contributed by atoms with Gasteiger partial charge in [0, 0.05) is 32.4 Å². The van der Waals surface area contributed by atoms with Crippen molar-refractivity contribution in [1.82, 2.24) is 0 Å². The van der Waals surface area contributed by atoms with Crippen LogP contribution in [-0.4, -0.2) is 32.8 Å². The van der Waals surface area contributed by atoms with Gasteiger partial charge in [-0.1, -0.05) is 17.7 Å². The molecule has 0 fully saturated rings. The summed E-state index contributed by atoms with van der Waals surface area (Å²) in [4.78, 5) is 2.21. The number of nitrogens with zero attached hydrogens (tertiary/aromatic N) is 1. The lowest BCUT2D eigenvalue weighted by atomic mass is 10.1. The second-order valence-corrected chi connectivity index (χ2v) is 4.48. The molecule has 3 heteroatoms. The van der Waals surface area contributed by atoms with Crippen molar-refractivity contribution in [3.63, 3.8) is 0 Å². The van der Waals surface area contributed by atoms with Gasteiger partial charge in [-0.3, -0.25) is 0 Å². The topological polar surface area (TPSA) is 38.5 Å². The van der Waals surface area contributed by atoms with Crippen molar-refractivity contribution >= 4 is 5.69 Å². The number of hydrogen-bond donors (Lipinski definition) is 1. The third-order valence-electron chi connectivity index (χ3n) is 2.91. The highest BCUT2D eigenvalue weighted by Gasteiger charge is 2.11. The van der Waals surface area contributed by atoms with Crippen LogP contribution in [0.25, 0.3) is 0 Å². The molecule has 1 aromatic rings. The molecule has 0 aliphatic heterocycles. The lowest BCUT2D eigenvalue weighted by Gasteiger charge is -2.26. The van der Waals surface area contributed by atoms with Crippen LogP contribution in [0.2, 0.25) is 0 Å². The van der Waals surface area contributed by atoms with E-state index in [1.54, 1.807) is 0 Å². The Hall–Kier alpha value is -1.06. The van der Waals surface area contributed by atoms with Crippen LogP contribution in [0.1, 0.15) is 18.1 Å². The Morgan fingerprint density at radius 2 is 2.06 bits per heavy atom. The second kappa shape index (κ2) is 6.62. The van der Waals surface area contributed by atoms with Crippen molar-refractivity contribution in [2.24, 2.45) is 5.73 Å². The summed E-state index contributed by atoms with van der Waals surface area (Å²) in [6.45, 7) is 8.34. The minimum absolute atomic E-state index is 0.103. The predicted octanol–water partition coefficient (Wildman–Crippen LogP) is 2.10. The quantitative estimate of drug-likeness (QED) is 0.822. The minimum atomic E-state index is 0.103. The Bertz CT molecular complexity index is 352.